The number of rotatable bonds is 3. The third-order valence-corrected chi connectivity index (χ3v) is 2.82. The van der Waals surface area contributed by atoms with Crippen LogP contribution in [0.3, 0.4) is 0 Å². The van der Waals surface area contributed by atoms with Crippen LogP contribution in [0.4, 0.5) is 0 Å². The third kappa shape index (κ3) is 3.65. The molecule has 0 aromatic carbocycles. The maximum Gasteiger partial charge on any atom is 0.456 e. The van der Waals surface area contributed by atoms with Gasteiger partial charge in [-0.05, 0) is 0 Å². The van der Waals surface area contributed by atoms with E-state index < -0.39 is 7.75 Å². The molecule has 0 heterocycles. The molecule has 0 radical (unpaired) electrons. The van der Waals surface area contributed by atoms with E-state index in [0.717, 1.165) is 0 Å². The second-order valence-corrected chi connectivity index (χ2v) is 4.89. The van der Waals surface area contributed by atoms with Crippen molar-refractivity contribution in [2.45, 2.75) is 0 Å². The zero-order valence-electron chi connectivity index (χ0n) is 9.51. The minimum atomic E-state index is -3.34. The Morgan fingerprint density at radius 2 is 1.43 bits per heavy atom. The fourth-order valence-corrected chi connectivity index (χ4v) is 1.73. The molecular weight excluding hydrogens is 205 g/mol. The van der Waals surface area contributed by atoms with E-state index in [0.29, 0.717) is 5.96 Å². The number of hydrogen-bond donors (Lipinski definition) is 0. The molecule has 14 heavy (non-hydrogen) atoms. The molecule has 0 aromatic rings. The molecule has 0 N–H and O–H groups in total. The average Bonchev–Trinajstić information content (AvgIpc) is 2.13. The quantitative estimate of drug-likeness (QED) is 0.403. The summed E-state index contributed by atoms with van der Waals surface area (Å²) >= 11 is 0. The molecular formula is C7H18N3O3P. The Morgan fingerprint density at radius 1 is 1.07 bits per heavy atom. The molecule has 6 nitrogen and oxygen atoms in total. The molecule has 0 unspecified atom stereocenters. The Balaban J connectivity index is 4.99. The summed E-state index contributed by atoms with van der Waals surface area (Å²) in [5.74, 6) is 0.525. The summed E-state index contributed by atoms with van der Waals surface area (Å²) in [4.78, 5) is 3.45. The molecule has 84 valence electrons. The second-order valence-electron chi connectivity index (χ2n) is 3.02. The van der Waals surface area contributed by atoms with Gasteiger partial charge in [-0.1, -0.05) is 0 Å². The molecule has 0 spiro atoms. The Bertz CT molecular complexity index is 235. The van der Waals surface area contributed by atoms with Crippen LogP contribution in [0.25, 0.3) is 0 Å². The minimum Gasteiger partial charge on any atom is -0.349 e. The average molecular weight is 223 g/mol. The molecule has 0 aromatic heterocycles. The Kier molecular flexibility index (Phi) is 5.12. The van der Waals surface area contributed by atoms with Gasteiger partial charge < -0.3 is 9.80 Å². The van der Waals surface area contributed by atoms with E-state index in [2.05, 4.69) is 4.76 Å². The topological polar surface area (TPSA) is 54.4 Å². The summed E-state index contributed by atoms with van der Waals surface area (Å²) in [7, 11) is 6.46. The lowest BCUT2D eigenvalue weighted by molar-refractivity contribution is 0.276. The van der Waals surface area contributed by atoms with Crippen molar-refractivity contribution in [1.29, 1.82) is 0 Å². The van der Waals surface area contributed by atoms with Gasteiger partial charge in [0.1, 0.15) is 0 Å². The summed E-state index contributed by atoms with van der Waals surface area (Å²) in [6.45, 7) is 0. The number of nitrogens with zero attached hydrogens (tertiary/aromatic N) is 3. The molecule has 0 saturated carbocycles. The normalized spacial score (nSPS) is 11.0. The van der Waals surface area contributed by atoms with Gasteiger partial charge in [0.05, 0.1) is 0 Å². The van der Waals surface area contributed by atoms with Crippen LogP contribution in [0, 0.1) is 0 Å². The molecule has 7 heteroatoms. The van der Waals surface area contributed by atoms with E-state index >= 15 is 0 Å². The molecule has 0 aliphatic heterocycles. The van der Waals surface area contributed by atoms with Crippen LogP contribution >= 0.6 is 7.75 Å². The monoisotopic (exact) mass is 223 g/mol. The van der Waals surface area contributed by atoms with Crippen molar-refractivity contribution in [3.05, 3.63) is 0 Å². The molecule has 0 fully saturated rings. The van der Waals surface area contributed by atoms with Gasteiger partial charge in [-0.15, -0.1) is 4.76 Å². The summed E-state index contributed by atoms with van der Waals surface area (Å²) in [5, 5.41) is 0. The van der Waals surface area contributed by atoms with Crippen LogP contribution in [0.5, 0.6) is 0 Å². The fourth-order valence-electron chi connectivity index (χ4n) is 0.845. The Hall–Kier alpha value is -0.580. The predicted molar refractivity (Wildman–Crippen MR) is 56.4 cm³/mol. The van der Waals surface area contributed by atoms with E-state index in [1.807, 2.05) is 0 Å². The fraction of sp³-hybridized carbons (Fsp3) is 0.857. The highest BCUT2D eigenvalue weighted by atomic mass is 31.2. The van der Waals surface area contributed by atoms with E-state index in [1.165, 1.54) is 14.2 Å². The van der Waals surface area contributed by atoms with E-state index in [9.17, 15) is 4.57 Å². The first kappa shape index (κ1) is 13.4. The zero-order chi connectivity index (χ0) is 11.4. The molecule has 0 amide bonds. The van der Waals surface area contributed by atoms with Gasteiger partial charge >= 0.3 is 7.75 Å². The first-order valence-corrected chi connectivity index (χ1v) is 5.52. The van der Waals surface area contributed by atoms with Crippen LogP contribution in [0.2, 0.25) is 0 Å². The van der Waals surface area contributed by atoms with Crippen LogP contribution in [0.15, 0.2) is 4.76 Å². The third-order valence-electron chi connectivity index (χ3n) is 1.47. The highest BCUT2D eigenvalue weighted by Gasteiger charge is 2.22. The van der Waals surface area contributed by atoms with Crippen molar-refractivity contribution in [3.8, 4) is 0 Å². The van der Waals surface area contributed by atoms with Crippen LogP contribution in [0.1, 0.15) is 0 Å². The summed E-state index contributed by atoms with van der Waals surface area (Å²) in [6, 6.07) is 0. The van der Waals surface area contributed by atoms with Gasteiger partial charge in [-0.3, -0.25) is 9.05 Å². The highest BCUT2D eigenvalue weighted by molar-refractivity contribution is 7.52. The Morgan fingerprint density at radius 3 is 1.64 bits per heavy atom. The summed E-state index contributed by atoms with van der Waals surface area (Å²) in [6.07, 6.45) is 0. The van der Waals surface area contributed by atoms with Crippen LogP contribution in [-0.2, 0) is 13.6 Å². The summed E-state index contributed by atoms with van der Waals surface area (Å²) in [5.41, 5.74) is 0. The maximum atomic E-state index is 11.7. The maximum absolute atomic E-state index is 11.7. The molecule has 0 atom stereocenters. The SMILES string of the molecule is COP(=O)(N=C(N(C)C)N(C)C)OC. The number of guanidine groups is 1. The largest absolute Gasteiger partial charge is 0.456 e. The standard InChI is InChI=1S/C7H18N3O3P/c1-9(2)7(10(3)4)8-14(11,12-5)13-6/h1-6H3. The first-order valence-electron chi connectivity index (χ1n) is 4.02. The predicted octanol–water partition coefficient (Wildman–Crippen LogP) is 0.866. The molecule has 0 aliphatic rings. The number of hydrogen-bond acceptors (Lipinski definition) is 3. The van der Waals surface area contributed by atoms with Gasteiger partial charge in [-0.25, -0.2) is 4.57 Å². The minimum absolute atomic E-state index is 0.525. The first-order chi connectivity index (χ1) is 6.36. The summed E-state index contributed by atoms with van der Waals surface area (Å²) < 4.78 is 25.0. The van der Waals surface area contributed by atoms with Crippen molar-refractivity contribution >= 4 is 13.7 Å². The van der Waals surface area contributed by atoms with Crippen molar-refractivity contribution in [2.24, 2.45) is 4.76 Å². The van der Waals surface area contributed by atoms with Gasteiger partial charge in [0.2, 0.25) is 5.96 Å². The lowest BCUT2D eigenvalue weighted by atomic mass is 10.7. The highest BCUT2D eigenvalue weighted by Crippen LogP contribution is 2.48. The van der Waals surface area contributed by atoms with Gasteiger partial charge in [0.25, 0.3) is 0 Å². The van der Waals surface area contributed by atoms with Crippen molar-refractivity contribution < 1.29 is 13.6 Å². The Labute approximate surface area is 85.1 Å². The van der Waals surface area contributed by atoms with Crippen molar-refractivity contribution in [1.82, 2.24) is 9.80 Å². The molecule has 0 saturated heterocycles. The second kappa shape index (κ2) is 5.34. The van der Waals surface area contributed by atoms with Crippen molar-refractivity contribution in [2.75, 3.05) is 42.4 Å². The van der Waals surface area contributed by atoms with E-state index in [-0.39, 0.29) is 0 Å². The molecule has 0 bridgehead atoms. The van der Waals surface area contributed by atoms with Gasteiger partial charge in [0, 0.05) is 42.4 Å². The smallest absolute Gasteiger partial charge is 0.349 e. The van der Waals surface area contributed by atoms with Crippen LogP contribution < -0.4 is 0 Å². The lowest BCUT2D eigenvalue weighted by Gasteiger charge is -2.23. The van der Waals surface area contributed by atoms with Gasteiger partial charge in [-0.2, -0.15) is 0 Å². The van der Waals surface area contributed by atoms with Gasteiger partial charge in [0.15, 0.2) is 0 Å². The zero-order valence-corrected chi connectivity index (χ0v) is 10.4. The van der Waals surface area contributed by atoms with Crippen LogP contribution in [-0.4, -0.2) is 58.2 Å². The molecule has 0 rings (SSSR count). The lowest BCUT2D eigenvalue weighted by Crippen LogP contribution is -2.35. The van der Waals surface area contributed by atoms with Crippen molar-refractivity contribution in [3.63, 3.8) is 0 Å². The van der Waals surface area contributed by atoms with E-state index in [4.69, 9.17) is 9.05 Å². The van der Waals surface area contributed by atoms with E-state index in [1.54, 1.807) is 38.0 Å². The molecule has 0 aliphatic carbocycles.